The number of para-hydroxylation sites is 1. The molecule has 39 heavy (non-hydrogen) atoms. The first-order chi connectivity index (χ1) is 18.7. The number of nitrogens with zero attached hydrogens (tertiary/aromatic N) is 2. The summed E-state index contributed by atoms with van der Waals surface area (Å²) < 4.78 is 57.0. The molecule has 198 valence electrons. The van der Waals surface area contributed by atoms with E-state index in [4.69, 9.17) is 0 Å². The van der Waals surface area contributed by atoms with Gasteiger partial charge in [0, 0.05) is 23.3 Å². The van der Waals surface area contributed by atoms with E-state index < -0.39 is 20.0 Å². The van der Waals surface area contributed by atoms with Crippen LogP contribution in [-0.2, 0) is 26.6 Å². The Bertz CT molecular complexity index is 1860. The molecule has 5 rings (SSSR count). The monoisotopic (exact) mass is 556 g/mol. The Kier molecular flexibility index (Phi) is 7.16. The Morgan fingerprint density at radius 3 is 1.90 bits per heavy atom. The number of benzene rings is 4. The van der Waals surface area contributed by atoms with Crippen molar-refractivity contribution in [3.05, 3.63) is 138 Å². The van der Waals surface area contributed by atoms with Gasteiger partial charge in [-0.05, 0) is 55.8 Å². The highest BCUT2D eigenvalue weighted by Gasteiger charge is 2.23. The molecule has 0 aliphatic rings. The fourth-order valence-corrected chi connectivity index (χ4v) is 6.99. The van der Waals surface area contributed by atoms with E-state index in [1.165, 1.54) is 20.7 Å². The van der Waals surface area contributed by atoms with Gasteiger partial charge in [-0.1, -0.05) is 83.9 Å². The highest BCUT2D eigenvalue weighted by molar-refractivity contribution is 7.90. The quantitative estimate of drug-likeness (QED) is 0.223. The minimum atomic E-state index is -3.89. The maximum atomic E-state index is 13.7. The standard InChI is InChI=1S/C31H28N2O4S2/c1-24-12-16-28(17-13-24)38(34,35)32(22-26-8-4-3-5-9-26)21-20-27-23-33(31-11-7-6-10-30(27)31)39(36,37)29-18-14-25(2)15-19-29/h3-21,23H,22H2,1-2H3/b21-20+. The van der Waals surface area contributed by atoms with Crippen LogP contribution >= 0.6 is 0 Å². The second kappa shape index (κ2) is 10.6. The van der Waals surface area contributed by atoms with E-state index in [9.17, 15) is 16.8 Å². The van der Waals surface area contributed by atoms with Crippen molar-refractivity contribution in [2.45, 2.75) is 30.2 Å². The molecular formula is C31H28N2O4S2. The van der Waals surface area contributed by atoms with Gasteiger partial charge in [0.25, 0.3) is 20.0 Å². The highest BCUT2D eigenvalue weighted by atomic mass is 32.2. The van der Waals surface area contributed by atoms with Gasteiger partial charge in [-0.25, -0.2) is 20.8 Å². The zero-order valence-corrected chi connectivity index (χ0v) is 23.2. The Morgan fingerprint density at radius 2 is 1.26 bits per heavy atom. The molecule has 5 aromatic rings. The smallest absolute Gasteiger partial charge is 0.268 e. The number of fused-ring (bicyclic) bond motifs is 1. The third-order valence-corrected chi connectivity index (χ3v) is 9.94. The summed E-state index contributed by atoms with van der Waals surface area (Å²) in [6, 6.07) is 29.9. The summed E-state index contributed by atoms with van der Waals surface area (Å²) >= 11 is 0. The highest BCUT2D eigenvalue weighted by Crippen LogP contribution is 2.28. The summed E-state index contributed by atoms with van der Waals surface area (Å²) in [4.78, 5) is 0.357. The van der Waals surface area contributed by atoms with Crippen molar-refractivity contribution in [3.63, 3.8) is 0 Å². The van der Waals surface area contributed by atoms with Crippen LogP contribution in [0.2, 0.25) is 0 Å². The number of aryl methyl sites for hydroxylation is 2. The van der Waals surface area contributed by atoms with Crippen LogP contribution in [0.15, 0.2) is 125 Å². The molecule has 0 atom stereocenters. The fraction of sp³-hybridized carbons (Fsp3) is 0.0968. The summed E-state index contributed by atoms with van der Waals surface area (Å²) in [5.74, 6) is 0. The molecule has 0 unspecified atom stereocenters. The number of aromatic nitrogens is 1. The first-order valence-corrected chi connectivity index (χ1v) is 15.3. The number of rotatable bonds is 8. The second-order valence-corrected chi connectivity index (χ2v) is 13.1. The van der Waals surface area contributed by atoms with Gasteiger partial charge in [0.15, 0.2) is 0 Å². The van der Waals surface area contributed by atoms with Crippen molar-refractivity contribution in [2.24, 2.45) is 0 Å². The lowest BCUT2D eigenvalue weighted by atomic mass is 10.2. The van der Waals surface area contributed by atoms with Gasteiger partial charge in [0.1, 0.15) is 0 Å². The molecule has 1 heterocycles. The van der Waals surface area contributed by atoms with E-state index in [1.54, 1.807) is 66.7 Å². The van der Waals surface area contributed by atoms with E-state index in [0.29, 0.717) is 16.5 Å². The maximum Gasteiger partial charge on any atom is 0.268 e. The molecule has 0 amide bonds. The summed E-state index contributed by atoms with van der Waals surface area (Å²) in [5.41, 5.74) is 3.83. The van der Waals surface area contributed by atoms with Crippen molar-refractivity contribution >= 4 is 37.0 Å². The Balaban J connectivity index is 1.59. The van der Waals surface area contributed by atoms with Crippen molar-refractivity contribution in [3.8, 4) is 0 Å². The molecule has 0 N–H and O–H groups in total. The van der Waals surface area contributed by atoms with E-state index in [-0.39, 0.29) is 16.3 Å². The molecule has 0 fully saturated rings. The van der Waals surface area contributed by atoms with Gasteiger partial charge in [-0.3, -0.25) is 4.31 Å². The molecule has 1 aromatic heterocycles. The van der Waals surface area contributed by atoms with Crippen molar-refractivity contribution < 1.29 is 16.8 Å². The molecular weight excluding hydrogens is 528 g/mol. The Labute approximate surface area is 229 Å². The molecule has 0 aliphatic heterocycles. The topological polar surface area (TPSA) is 76.5 Å². The largest absolute Gasteiger partial charge is 0.269 e. The number of hydrogen-bond donors (Lipinski definition) is 0. The second-order valence-electron chi connectivity index (χ2n) is 9.38. The average Bonchev–Trinajstić information content (AvgIpc) is 3.31. The zero-order chi connectivity index (χ0) is 27.6. The van der Waals surface area contributed by atoms with Crippen LogP contribution in [0.25, 0.3) is 17.0 Å². The van der Waals surface area contributed by atoms with Gasteiger partial charge in [0.05, 0.1) is 21.9 Å². The molecule has 4 aromatic carbocycles. The van der Waals surface area contributed by atoms with E-state index in [0.717, 1.165) is 16.7 Å². The van der Waals surface area contributed by atoms with E-state index in [1.807, 2.05) is 56.3 Å². The average molecular weight is 557 g/mol. The minimum Gasteiger partial charge on any atom is -0.269 e. The van der Waals surface area contributed by atoms with Crippen LogP contribution in [0.4, 0.5) is 0 Å². The Morgan fingerprint density at radius 1 is 0.692 bits per heavy atom. The van der Waals surface area contributed by atoms with Crippen LogP contribution in [0.1, 0.15) is 22.3 Å². The lowest BCUT2D eigenvalue weighted by Gasteiger charge is -2.21. The predicted molar refractivity (Wildman–Crippen MR) is 155 cm³/mol. The maximum absolute atomic E-state index is 13.7. The summed E-state index contributed by atoms with van der Waals surface area (Å²) in [6.07, 6.45) is 4.69. The third-order valence-electron chi connectivity index (χ3n) is 6.52. The number of sulfonamides is 1. The van der Waals surface area contributed by atoms with Gasteiger partial charge in [-0.15, -0.1) is 0 Å². The molecule has 0 spiro atoms. The lowest BCUT2D eigenvalue weighted by molar-refractivity contribution is 0.497. The first-order valence-electron chi connectivity index (χ1n) is 12.4. The van der Waals surface area contributed by atoms with Gasteiger partial charge in [-0.2, -0.15) is 0 Å². The molecule has 8 heteroatoms. The lowest BCUT2D eigenvalue weighted by Crippen LogP contribution is -2.25. The van der Waals surface area contributed by atoms with Crippen LogP contribution in [0, 0.1) is 13.8 Å². The minimum absolute atomic E-state index is 0.119. The molecule has 0 saturated carbocycles. The van der Waals surface area contributed by atoms with Crippen LogP contribution in [0.5, 0.6) is 0 Å². The first kappa shape index (κ1) is 26.5. The summed E-state index contributed by atoms with van der Waals surface area (Å²) in [6.45, 7) is 3.92. The van der Waals surface area contributed by atoms with Gasteiger partial charge in [0.2, 0.25) is 0 Å². The Hall–Kier alpha value is -4.14. The third kappa shape index (κ3) is 5.39. The van der Waals surface area contributed by atoms with Gasteiger partial charge < -0.3 is 0 Å². The molecule has 0 radical (unpaired) electrons. The normalized spacial score (nSPS) is 12.3. The summed E-state index contributed by atoms with van der Waals surface area (Å²) in [5, 5.41) is 0.692. The van der Waals surface area contributed by atoms with E-state index in [2.05, 4.69) is 0 Å². The van der Waals surface area contributed by atoms with Crippen molar-refractivity contribution in [1.29, 1.82) is 0 Å². The number of hydrogen-bond acceptors (Lipinski definition) is 4. The molecule has 0 saturated heterocycles. The summed E-state index contributed by atoms with van der Waals surface area (Å²) in [7, 11) is -7.76. The predicted octanol–water partition coefficient (Wildman–Crippen LogP) is 6.36. The van der Waals surface area contributed by atoms with Crippen LogP contribution in [0.3, 0.4) is 0 Å². The van der Waals surface area contributed by atoms with E-state index >= 15 is 0 Å². The molecule has 0 aliphatic carbocycles. The van der Waals surface area contributed by atoms with Crippen molar-refractivity contribution in [2.75, 3.05) is 0 Å². The zero-order valence-electron chi connectivity index (χ0n) is 21.6. The van der Waals surface area contributed by atoms with Crippen LogP contribution in [-0.4, -0.2) is 25.1 Å². The van der Waals surface area contributed by atoms with Crippen molar-refractivity contribution in [1.82, 2.24) is 8.28 Å². The fourth-order valence-electron chi connectivity index (χ4n) is 4.32. The van der Waals surface area contributed by atoms with Gasteiger partial charge >= 0.3 is 0 Å². The van der Waals surface area contributed by atoms with Crippen LogP contribution < -0.4 is 0 Å². The molecule has 6 nitrogen and oxygen atoms in total. The SMILES string of the molecule is Cc1ccc(S(=O)(=O)N(/C=C/c2cn(S(=O)(=O)c3ccc(C)cc3)c3ccccc23)Cc2ccccc2)cc1. The molecule has 0 bridgehead atoms.